The fourth-order valence-electron chi connectivity index (χ4n) is 1.65. The standard InChI is InChI=1S/C15H14BrCl2NO2/c16-12-7-14(18)15(8-13(12)17)21-6-5-20-11-3-1-10(9-19)2-4-11/h1-4,7-8H,5-6,9,19H2. The van der Waals surface area contributed by atoms with Crippen LogP contribution < -0.4 is 15.2 Å². The van der Waals surface area contributed by atoms with Gasteiger partial charge >= 0.3 is 0 Å². The lowest BCUT2D eigenvalue weighted by molar-refractivity contribution is 0.217. The van der Waals surface area contributed by atoms with Gasteiger partial charge in [-0.25, -0.2) is 0 Å². The Morgan fingerprint density at radius 2 is 1.62 bits per heavy atom. The summed E-state index contributed by atoms with van der Waals surface area (Å²) in [4.78, 5) is 0. The Balaban J connectivity index is 1.83. The minimum atomic E-state index is 0.371. The first-order valence-corrected chi connectivity index (χ1v) is 7.84. The number of nitrogens with two attached hydrogens (primary N) is 1. The lowest BCUT2D eigenvalue weighted by Crippen LogP contribution is -2.09. The highest BCUT2D eigenvalue weighted by Crippen LogP contribution is 2.33. The van der Waals surface area contributed by atoms with Gasteiger partial charge in [0.1, 0.15) is 24.7 Å². The van der Waals surface area contributed by atoms with Crippen molar-refractivity contribution in [3.63, 3.8) is 0 Å². The molecule has 0 radical (unpaired) electrons. The highest BCUT2D eigenvalue weighted by molar-refractivity contribution is 9.10. The summed E-state index contributed by atoms with van der Waals surface area (Å²) in [6, 6.07) is 11.0. The summed E-state index contributed by atoms with van der Waals surface area (Å²) in [5.74, 6) is 1.31. The smallest absolute Gasteiger partial charge is 0.139 e. The van der Waals surface area contributed by atoms with Gasteiger partial charge < -0.3 is 15.2 Å². The van der Waals surface area contributed by atoms with Gasteiger partial charge in [0, 0.05) is 17.1 Å². The fourth-order valence-corrected chi connectivity index (χ4v) is 2.49. The quantitative estimate of drug-likeness (QED) is 0.575. The summed E-state index contributed by atoms with van der Waals surface area (Å²) < 4.78 is 11.9. The van der Waals surface area contributed by atoms with Crippen molar-refractivity contribution in [2.45, 2.75) is 6.54 Å². The van der Waals surface area contributed by atoms with Crippen molar-refractivity contribution in [3.05, 3.63) is 56.5 Å². The third-order valence-electron chi connectivity index (χ3n) is 2.74. The van der Waals surface area contributed by atoms with E-state index in [-0.39, 0.29) is 0 Å². The second-order valence-electron chi connectivity index (χ2n) is 4.24. The molecule has 0 spiro atoms. The maximum Gasteiger partial charge on any atom is 0.139 e. The molecule has 0 saturated heterocycles. The van der Waals surface area contributed by atoms with Crippen molar-refractivity contribution in [2.24, 2.45) is 5.73 Å². The van der Waals surface area contributed by atoms with Gasteiger partial charge in [0.25, 0.3) is 0 Å². The largest absolute Gasteiger partial charge is 0.490 e. The van der Waals surface area contributed by atoms with E-state index in [0.29, 0.717) is 35.6 Å². The Labute approximate surface area is 142 Å². The second-order valence-corrected chi connectivity index (χ2v) is 5.91. The number of halogens is 3. The molecular formula is C15H14BrCl2NO2. The Kier molecular flexibility index (Phi) is 6.18. The minimum Gasteiger partial charge on any atom is -0.490 e. The predicted molar refractivity (Wildman–Crippen MR) is 89.5 cm³/mol. The number of benzene rings is 2. The van der Waals surface area contributed by atoms with Gasteiger partial charge in [-0.15, -0.1) is 0 Å². The summed E-state index contributed by atoms with van der Waals surface area (Å²) in [6.07, 6.45) is 0. The molecule has 0 atom stereocenters. The van der Waals surface area contributed by atoms with Crippen molar-refractivity contribution >= 4 is 39.1 Å². The van der Waals surface area contributed by atoms with Crippen LogP contribution in [0.25, 0.3) is 0 Å². The average Bonchev–Trinajstić information content (AvgIpc) is 2.49. The summed E-state index contributed by atoms with van der Waals surface area (Å²) in [7, 11) is 0. The zero-order valence-electron chi connectivity index (χ0n) is 11.1. The molecule has 0 fully saturated rings. The normalized spacial score (nSPS) is 10.5. The number of rotatable bonds is 6. The van der Waals surface area contributed by atoms with Gasteiger partial charge in [-0.1, -0.05) is 35.3 Å². The van der Waals surface area contributed by atoms with Crippen LogP contribution in [-0.4, -0.2) is 13.2 Å². The number of hydrogen-bond donors (Lipinski definition) is 1. The van der Waals surface area contributed by atoms with E-state index in [1.54, 1.807) is 12.1 Å². The van der Waals surface area contributed by atoms with E-state index in [2.05, 4.69) is 15.9 Å². The van der Waals surface area contributed by atoms with Gasteiger partial charge in [-0.3, -0.25) is 0 Å². The molecule has 0 saturated carbocycles. The van der Waals surface area contributed by atoms with Gasteiger partial charge in [0.15, 0.2) is 0 Å². The molecular weight excluding hydrogens is 377 g/mol. The molecule has 112 valence electrons. The van der Waals surface area contributed by atoms with E-state index in [1.165, 1.54) is 0 Å². The molecule has 0 aliphatic carbocycles. The third-order valence-corrected chi connectivity index (χ3v) is 4.24. The van der Waals surface area contributed by atoms with Crippen molar-refractivity contribution < 1.29 is 9.47 Å². The molecule has 0 aromatic heterocycles. The SMILES string of the molecule is NCc1ccc(OCCOc2cc(Cl)c(Br)cc2Cl)cc1. The molecule has 6 heteroatoms. The molecule has 0 amide bonds. The first-order valence-electron chi connectivity index (χ1n) is 6.29. The van der Waals surface area contributed by atoms with E-state index in [1.807, 2.05) is 24.3 Å². The summed E-state index contributed by atoms with van der Waals surface area (Å²) in [5, 5.41) is 1.05. The van der Waals surface area contributed by atoms with E-state index in [9.17, 15) is 0 Å². The van der Waals surface area contributed by atoms with Gasteiger partial charge in [-0.2, -0.15) is 0 Å². The highest BCUT2D eigenvalue weighted by atomic mass is 79.9. The van der Waals surface area contributed by atoms with Crippen LogP contribution in [0.4, 0.5) is 0 Å². The van der Waals surface area contributed by atoms with E-state index < -0.39 is 0 Å². The maximum atomic E-state index is 6.06. The molecule has 0 bridgehead atoms. The van der Waals surface area contributed by atoms with Crippen molar-refractivity contribution in [1.29, 1.82) is 0 Å². The lowest BCUT2D eigenvalue weighted by atomic mass is 10.2. The Bertz CT molecular complexity index is 605. The molecule has 0 unspecified atom stereocenters. The monoisotopic (exact) mass is 389 g/mol. The Morgan fingerprint density at radius 1 is 0.952 bits per heavy atom. The molecule has 2 rings (SSSR count). The average molecular weight is 391 g/mol. The molecule has 21 heavy (non-hydrogen) atoms. The lowest BCUT2D eigenvalue weighted by Gasteiger charge is -2.10. The summed E-state index contributed by atoms with van der Waals surface area (Å²) in [6.45, 7) is 1.30. The van der Waals surface area contributed by atoms with Crippen molar-refractivity contribution in [2.75, 3.05) is 13.2 Å². The van der Waals surface area contributed by atoms with Crippen LogP contribution in [0, 0.1) is 0 Å². The van der Waals surface area contributed by atoms with Gasteiger partial charge in [-0.05, 0) is 39.7 Å². The van der Waals surface area contributed by atoms with Crippen molar-refractivity contribution in [3.8, 4) is 11.5 Å². The number of ether oxygens (including phenoxy) is 2. The molecule has 0 aliphatic heterocycles. The fraction of sp³-hybridized carbons (Fsp3) is 0.200. The number of hydrogen-bond acceptors (Lipinski definition) is 3. The molecule has 2 N–H and O–H groups in total. The van der Waals surface area contributed by atoms with Gasteiger partial charge in [0.2, 0.25) is 0 Å². The first-order chi connectivity index (χ1) is 10.1. The predicted octanol–water partition coefficient (Wildman–Crippen LogP) is 4.67. The first kappa shape index (κ1) is 16.4. The van der Waals surface area contributed by atoms with E-state index in [4.69, 9.17) is 38.4 Å². The van der Waals surface area contributed by atoms with Crippen LogP contribution in [0.5, 0.6) is 11.5 Å². The van der Waals surface area contributed by atoms with E-state index in [0.717, 1.165) is 15.8 Å². The minimum absolute atomic E-state index is 0.371. The molecule has 2 aromatic rings. The van der Waals surface area contributed by atoms with Crippen molar-refractivity contribution in [1.82, 2.24) is 0 Å². The van der Waals surface area contributed by atoms with Crippen LogP contribution in [-0.2, 0) is 6.54 Å². The summed E-state index contributed by atoms with van der Waals surface area (Å²) in [5.41, 5.74) is 6.60. The zero-order chi connectivity index (χ0) is 15.2. The van der Waals surface area contributed by atoms with Crippen LogP contribution in [0.1, 0.15) is 5.56 Å². The third kappa shape index (κ3) is 4.78. The maximum absolute atomic E-state index is 6.06. The zero-order valence-corrected chi connectivity index (χ0v) is 14.2. The summed E-state index contributed by atoms with van der Waals surface area (Å²) >= 11 is 15.4. The molecule has 2 aromatic carbocycles. The van der Waals surface area contributed by atoms with Crippen LogP contribution in [0.2, 0.25) is 10.0 Å². The molecule has 0 aliphatic rings. The molecule has 3 nitrogen and oxygen atoms in total. The van der Waals surface area contributed by atoms with E-state index >= 15 is 0 Å². The van der Waals surface area contributed by atoms with Crippen LogP contribution in [0.15, 0.2) is 40.9 Å². The Hall–Kier alpha value is -0.940. The highest BCUT2D eigenvalue weighted by Gasteiger charge is 2.06. The van der Waals surface area contributed by atoms with Gasteiger partial charge in [0.05, 0.1) is 10.0 Å². The topological polar surface area (TPSA) is 44.5 Å². The Morgan fingerprint density at radius 3 is 2.29 bits per heavy atom. The van der Waals surface area contributed by atoms with Crippen LogP contribution in [0.3, 0.4) is 0 Å². The molecule has 0 heterocycles. The second kappa shape index (κ2) is 7.90. The van der Waals surface area contributed by atoms with Crippen LogP contribution >= 0.6 is 39.1 Å².